The summed E-state index contributed by atoms with van der Waals surface area (Å²) in [4.78, 5) is 9.47. The number of hydrogen-bond acceptors (Lipinski definition) is 4. The Bertz CT molecular complexity index is 1210. The molecule has 0 radical (unpaired) electrons. The van der Waals surface area contributed by atoms with Crippen LogP contribution in [0.1, 0.15) is 26.3 Å². The van der Waals surface area contributed by atoms with Crippen LogP contribution in [0, 0.1) is 0 Å². The lowest BCUT2D eigenvalue weighted by Gasteiger charge is -2.20. The van der Waals surface area contributed by atoms with E-state index in [2.05, 4.69) is 20.8 Å². The monoisotopic (exact) mass is 396 g/mol. The molecule has 0 amide bonds. The van der Waals surface area contributed by atoms with E-state index < -0.39 is 0 Å². The van der Waals surface area contributed by atoms with E-state index in [1.54, 1.807) is 18.2 Å². The van der Waals surface area contributed by atoms with E-state index >= 15 is 0 Å². The Morgan fingerprint density at radius 1 is 0.567 bits per heavy atom. The van der Waals surface area contributed by atoms with E-state index in [1.807, 2.05) is 60.7 Å². The van der Waals surface area contributed by atoms with Gasteiger partial charge in [0.15, 0.2) is 0 Å². The average molecular weight is 396 g/mol. The normalized spacial score (nSPS) is 11.4. The minimum absolute atomic E-state index is 0.0341. The number of pyridine rings is 2. The van der Waals surface area contributed by atoms with Gasteiger partial charge in [-0.2, -0.15) is 0 Å². The van der Waals surface area contributed by atoms with Crippen molar-refractivity contribution in [2.45, 2.75) is 26.2 Å². The highest BCUT2D eigenvalue weighted by Gasteiger charge is 2.17. The standard InChI is InChI=1S/C26H24N2O2/c1-26(2,3)17-14-15-25(30)19(16-17)21-10-7-12-23(28-21)22-11-6-9-20(27-22)18-8-4-5-13-24(18)29/h4-16,29-30H,1-3H3. The van der Waals surface area contributed by atoms with Crippen LogP contribution in [0.25, 0.3) is 33.9 Å². The molecule has 4 aromatic rings. The maximum absolute atomic E-state index is 10.5. The van der Waals surface area contributed by atoms with Gasteiger partial charge in [0.25, 0.3) is 0 Å². The first-order chi connectivity index (χ1) is 14.3. The van der Waals surface area contributed by atoms with Gasteiger partial charge in [0.1, 0.15) is 11.5 Å². The Morgan fingerprint density at radius 2 is 1.10 bits per heavy atom. The number of benzene rings is 2. The number of aromatic hydroxyl groups is 2. The van der Waals surface area contributed by atoms with Crippen molar-refractivity contribution in [3.8, 4) is 45.4 Å². The van der Waals surface area contributed by atoms with Gasteiger partial charge in [0.05, 0.1) is 22.8 Å². The van der Waals surface area contributed by atoms with Crippen LogP contribution in [0.3, 0.4) is 0 Å². The molecule has 0 aliphatic carbocycles. The number of rotatable bonds is 3. The molecule has 2 heterocycles. The number of aromatic nitrogens is 2. The second-order valence-electron chi connectivity index (χ2n) is 8.32. The molecule has 0 fully saturated rings. The second-order valence-corrected chi connectivity index (χ2v) is 8.32. The Labute approximate surface area is 176 Å². The largest absolute Gasteiger partial charge is 0.507 e. The van der Waals surface area contributed by atoms with Crippen LogP contribution in [-0.4, -0.2) is 20.2 Å². The molecule has 0 aliphatic heterocycles. The maximum Gasteiger partial charge on any atom is 0.124 e. The zero-order chi connectivity index (χ0) is 21.3. The predicted molar refractivity (Wildman–Crippen MR) is 120 cm³/mol. The fourth-order valence-electron chi connectivity index (χ4n) is 3.35. The predicted octanol–water partition coefficient (Wildman–Crippen LogP) is 6.19. The highest BCUT2D eigenvalue weighted by atomic mass is 16.3. The van der Waals surface area contributed by atoms with Crippen LogP contribution >= 0.6 is 0 Å². The van der Waals surface area contributed by atoms with Crippen LogP contribution < -0.4 is 0 Å². The highest BCUT2D eigenvalue weighted by Crippen LogP contribution is 2.34. The zero-order valence-electron chi connectivity index (χ0n) is 17.3. The number of para-hydroxylation sites is 1. The van der Waals surface area contributed by atoms with Crippen molar-refractivity contribution in [3.63, 3.8) is 0 Å². The number of hydrogen-bond donors (Lipinski definition) is 2. The summed E-state index contributed by atoms with van der Waals surface area (Å²) in [5, 5.41) is 20.6. The first kappa shape index (κ1) is 19.6. The molecule has 4 heteroatoms. The lowest BCUT2D eigenvalue weighted by Crippen LogP contribution is -2.10. The lowest BCUT2D eigenvalue weighted by atomic mass is 9.85. The Kier molecular flexibility index (Phi) is 5.00. The van der Waals surface area contributed by atoms with E-state index in [1.165, 1.54) is 0 Å². The first-order valence-electron chi connectivity index (χ1n) is 9.90. The average Bonchev–Trinajstić information content (AvgIpc) is 2.74. The topological polar surface area (TPSA) is 66.2 Å². The maximum atomic E-state index is 10.5. The zero-order valence-corrected chi connectivity index (χ0v) is 17.3. The fraction of sp³-hybridized carbons (Fsp3) is 0.154. The minimum atomic E-state index is -0.0341. The van der Waals surface area contributed by atoms with Crippen molar-refractivity contribution in [3.05, 3.63) is 84.4 Å². The first-order valence-corrected chi connectivity index (χ1v) is 9.90. The number of nitrogens with zero attached hydrogens (tertiary/aromatic N) is 2. The van der Waals surface area contributed by atoms with Crippen LogP contribution in [0.4, 0.5) is 0 Å². The Hall–Kier alpha value is -3.66. The molecule has 30 heavy (non-hydrogen) atoms. The van der Waals surface area contributed by atoms with Gasteiger partial charge in [-0.25, -0.2) is 9.97 Å². The van der Waals surface area contributed by atoms with Crippen LogP contribution in [0.15, 0.2) is 78.9 Å². The van der Waals surface area contributed by atoms with Crippen molar-refractivity contribution >= 4 is 0 Å². The Balaban J connectivity index is 1.77. The molecule has 2 N–H and O–H groups in total. The molecule has 4 nitrogen and oxygen atoms in total. The van der Waals surface area contributed by atoms with Crippen molar-refractivity contribution < 1.29 is 10.2 Å². The van der Waals surface area contributed by atoms with Crippen LogP contribution in [0.2, 0.25) is 0 Å². The van der Waals surface area contributed by atoms with Gasteiger partial charge in [-0.15, -0.1) is 0 Å². The summed E-state index contributed by atoms with van der Waals surface area (Å²) in [6, 6.07) is 24.1. The van der Waals surface area contributed by atoms with E-state index in [-0.39, 0.29) is 16.9 Å². The second kappa shape index (κ2) is 7.64. The third kappa shape index (κ3) is 3.90. The van der Waals surface area contributed by atoms with Crippen molar-refractivity contribution in [2.24, 2.45) is 0 Å². The summed E-state index contributed by atoms with van der Waals surface area (Å²) in [6.07, 6.45) is 0. The summed E-state index contributed by atoms with van der Waals surface area (Å²) in [7, 11) is 0. The molecule has 0 unspecified atom stereocenters. The Morgan fingerprint density at radius 3 is 1.70 bits per heavy atom. The molecule has 4 rings (SSSR count). The molecule has 0 saturated heterocycles. The third-order valence-corrected chi connectivity index (χ3v) is 5.08. The smallest absolute Gasteiger partial charge is 0.124 e. The van der Waals surface area contributed by atoms with E-state index in [9.17, 15) is 10.2 Å². The van der Waals surface area contributed by atoms with Gasteiger partial charge in [-0.3, -0.25) is 0 Å². The molecule has 0 bridgehead atoms. The molecular formula is C26H24N2O2. The molecule has 0 atom stereocenters. The van der Waals surface area contributed by atoms with Gasteiger partial charge in [-0.05, 0) is 59.5 Å². The minimum Gasteiger partial charge on any atom is -0.507 e. The van der Waals surface area contributed by atoms with Gasteiger partial charge >= 0.3 is 0 Å². The summed E-state index contributed by atoms with van der Waals surface area (Å²) in [5.74, 6) is 0.386. The summed E-state index contributed by atoms with van der Waals surface area (Å²) in [6.45, 7) is 6.42. The lowest BCUT2D eigenvalue weighted by molar-refractivity contribution is 0.475. The van der Waals surface area contributed by atoms with Crippen LogP contribution in [-0.2, 0) is 5.41 Å². The van der Waals surface area contributed by atoms with Crippen molar-refractivity contribution in [2.75, 3.05) is 0 Å². The third-order valence-electron chi connectivity index (χ3n) is 5.08. The van der Waals surface area contributed by atoms with Gasteiger partial charge in [0, 0.05) is 11.1 Å². The van der Waals surface area contributed by atoms with Gasteiger partial charge in [-0.1, -0.05) is 51.1 Å². The summed E-state index contributed by atoms with van der Waals surface area (Å²) in [5.41, 5.74) is 5.22. The molecule has 2 aromatic carbocycles. The van der Waals surface area contributed by atoms with Gasteiger partial charge in [0.2, 0.25) is 0 Å². The molecule has 2 aromatic heterocycles. The molecule has 0 aliphatic rings. The van der Waals surface area contributed by atoms with E-state index in [4.69, 9.17) is 9.97 Å². The molecule has 0 saturated carbocycles. The van der Waals surface area contributed by atoms with Crippen LogP contribution in [0.5, 0.6) is 11.5 Å². The van der Waals surface area contributed by atoms with Gasteiger partial charge < -0.3 is 10.2 Å². The highest BCUT2D eigenvalue weighted by molar-refractivity contribution is 5.72. The van der Waals surface area contributed by atoms with Crippen molar-refractivity contribution in [1.82, 2.24) is 9.97 Å². The molecule has 0 spiro atoms. The van der Waals surface area contributed by atoms with Crippen molar-refractivity contribution in [1.29, 1.82) is 0 Å². The number of phenols is 2. The fourth-order valence-corrected chi connectivity index (χ4v) is 3.35. The molecular weight excluding hydrogens is 372 g/mol. The SMILES string of the molecule is CC(C)(C)c1ccc(O)c(-c2cccc(-c3cccc(-c4ccccc4O)n3)n2)c1. The van der Waals surface area contributed by atoms with E-state index in [0.717, 1.165) is 5.56 Å². The van der Waals surface area contributed by atoms with E-state index in [0.29, 0.717) is 33.9 Å². The quantitative estimate of drug-likeness (QED) is 0.433. The molecule has 150 valence electrons. The summed E-state index contributed by atoms with van der Waals surface area (Å²) >= 11 is 0. The summed E-state index contributed by atoms with van der Waals surface area (Å²) < 4.78 is 0. The number of phenolic OH excluding ortho intramolecular Hbond substituents is 2.